The molecule has 1 saturated heterocycles. The van der Waals surface area contributed by atoms with E-state index in [0.29, 0.717) is 36.2 Å². The van der Waals surface area contributed by atoms with Gasteiger partial charge in [-0.15, -0.1) is 0 Å². The molecule has 2 amide bonds. The summed E-state index contributed by atoms with van der Waals surface area (Å²) in [5, 5.41) is 3.94. The van der Waals surface area contributed by atoms with Gasteiger partial charge in [0.25, 0.3) is 11.8 Å². The highest BCUT2D eigenvalue weighted by Gasteiger charge is 2.36. The Morgan fingerprint density at radius 2 is 1.69 bits per heavy atom. The predicted octanol–water partition coefficient (Wildman–Crippen LogP) is 4.56. The molecule has 35 heavy (non-hydrogen) atoms. The molecule has 1 aromatic heterocycles. The number of likely N-dealkylation sites (tertiary alicyclic amines) is 1. The van der Waals surface area contributed by atoms with Crippen molar-refractivity contribution in [3.05, 3.63) is 102 Å². The van der Waals surface area contributed by atoms with Gasteiger partial charge in [0, 0.05) is 37.3 Å². The predicted molar refractivity (Wildman–Crippen MR) is 136 cm³/mol. The summed E-state index contributed by atoms with van der Waals surface area (Å²) < 4.78 is 5.61. The third kappa shape index (κ3) is 4.66. The van der Waals surface area contributed by atoms with E-state index in [1.807, 2.05) is 83.8 Å². The molecule has 4 aromatic rings. The van der Waals surface area contributed by atoms with E-state index in [1.54, 1.807) is 19.4 Å². The van der Waals surface area contributed by atoms with Gasteiger partial charge in [-0.2, -0.15) is 0 Å². The SMILES string of the molecule is COC1CC(CNC(=O)c2cccc3cccnc23)N(C(=O)c2ccccc2-c2ccccc2)C1. The van der Waals surface area contributed by atoms with Crippen molar-refractivity contribution in [1.82, 2.24) is 15.2 Å². The van der Waals surface area contributed by atoms with Crippen molar-refractivity contribution in [3.63, 3.8) is 0 Å². The van der Waals surface area contributed by atoms with E-state index in [1.165, 1.54) is 0 Å². The summed E-state index contributed by atoms with van der Waals surface area (Å²) in [6, 6.07) is 26.7. The Kier molecular flexibility index (Phi) is 6.55. The van der Waals surface area contributed by atoms with Crippen molar-refractivity contribution in [1.29, 1.82) is 0 Å². The fourth-order valence-electron chi connectivity index (χ4n) is 4.77. The van der Waals surface area contributed by atoms with Crippen molar-refractivity contribution >= 4 is 22.7 Å². The van der Waals surface area contributed by atoms with Crippen LogP contribution in [0.2, 0.25) is 0 Å². The molecule has 0 spiro atoms. The van der Waals surface area contributed by atoms with E-state index in [2.05, 4.69) is 10.3 Å². The van der Waals surface area contributed by atoms with Crippen LogP contribution in [0, 0.1) is 0 Å². The molecule has 6 heteroatoms. The zero-order valence-electron chi connectivity index (χ0n) is 19.6. The van der Waals surface area contributed by atoms with Crippen molar-refractivity contribution in [2.45, 2.75) is 18.6 Å². The number of carbonyl (C=O) groups excluding carboxylic acids is 2. The number of carbonyl (C=O) groups is 2. The molecule has 0 radical (unpaired) electrons. The normalized spacial score (nSPS) is 17.5. The molecular formula is C29H27N3O3. The first-order chi connectivity index (χ1) is 17.2. The average molecular weight is 466 g/mol. The maximum atomic E-state index is 13.8. The summed E-state index contributed by atoms with van der Waals surface area (Å²) >= 11 is 0. The van der Waals surface area contributed by atoms with E-state index >= 15 is 0 Å². The second kappa shape index (κ2) is 10.1. The standard InChI is InChI=1S/C29H27N3O3/c1-35-23-17-22(18-31-28(33)26-15-7-11-21-12-8-16-30-27(21)26)32(19-23)29(34)25-14-6-5-13-24(25)20-9-3-2-4-10-20/h2-16,22-23H,17-19H2,1H3,(H,31,33). The van der Waals surface area contributed by atoms with Crippen LogP contribution in [0.25, 0.3) is 22.0 Å². The molecule has 1 aliphatic rings. The van der Waals surface area contributed by atoms with Crippen LogP contribution < -0.4 is 5.32 Å². The van der Waals surface area contributed by atoms with Crippen LogP contribution in [0.15, 0.2) is 91.1 Å². The topological polar surface area (TPSA) is 71.5 Å². The number of para-hydroxylation sites is 1. The highest BCUT2D eigenvalue weighted by molar-refractivity contribution is 6.05. The number of ether oxygens (including phenoxy) is 1. The van der Waals surface area contributed by atoms with Gasteiger partial charge in [0.1, 0.15) is 0 Å². The summed E-state index contributed by atoms with van der Waals surface area (Å²) in [5.41, 5.74) is 3.72. The Hall–Kier alpha value is -4.03. The first kappa shape index (κ1) is 22.7. The number of benzene rings is 3. The Balaban J connectivity index is 1.37. The van der Waals surface area contributed by atoms with Crippen molar-refractivity contribution in [2.24, 2.45) is 0 Å². The van der Waals surface area contributed by atoms with Crippen molar-refractivity contribution in [3.8, 4) is 11.1 Å². The quantitative estimate of drug-likeness (QED) is 0.453. The number of aromatic nitrogens is 1. The highest BCUT2D eigenvalue weighted by atomic mass is 16.5. The van der Waals surface area contributed by atoms with Gasteiger partial charge in [-0.25, -0.2) is 0 Å². The second-order valence-electron chi connectivity index (χ2n) is 8.71. The van der Waals surface area contributed by atoms with Gasteiger partial charge in [0.05, 0.1) is 23.2 Å². The number of pyridine rings is 1. The van der Waals surface area contributed by atoms with Gasteiger partial charge in [-0.3, -0.25) is 14.6 Å². The van der Waals surface area contributed by atoms with Gasteiger partial charge in [0.2, 0.25) is 0 Å². The fourth-order valence-corrected chi connectivity index (χ4v) is 4.77. The Labute approximate surface area is 204 Å². The Morgan fingerprint density at radius 1 is 0.943 bits per heavy atom. The van der Waals surface area contributed by atoms with E-state index in [0.717, 1.165) is 16.5 Å². The molecule has 1 N–H and O–H groups in total. The van der Waals surface area contributed by atoms with Gasteiger partial charge in [-0.1, -0.05) is 66.7 Å². The number of rotatable bonds is 6. The molecule has 2 atom stereocenters. The molecule has 3 aromatic carbocycles. The van der Waals surface area contributed by atoms with E-state index in [9.17, 15) is 9.59 Å². The lowest BCUT2D eigenvalue weighted by Crippen LogP contribution is -2.43. The molecule has 0 aliphatic carbocycles. The van der Waals surface area contributed by atoms with Crippen molar-refractivity contribution in [2.75, 3.05) is 20.2 Å². The zero-order valence-corrected chi connectivity index (χ0v) is 19.6. The zero-order chi connectivity index (χ0) is 24.2. The highest BCUT2D eigenvalue weighted by Crippen LogP contribution is 2.28. The third-order valence-corrected chi connectivity index (χ3v) is 6.59. The summed E-state index contributed by atoms with van der Waals surface area (Å²) in [6.45, 7) is 0.815. The van der Waals surface area contributed by atoms with Crippen LogP contribution in [0.4, 0.5) is 0 Å². The number of amides is 2. The van der Waals surface area contributed by atoms with Gasteiger partial charge in [-0.05, 0) is 35.7 Å². The molecule has 0 bridgehead atoms. The Morgan fingerprint density at radius 3 is 2.51 bits per heavy atom. The van der Waals surface area contributed by atoms with Crippen LogP contribution in [-0.2, 0) is 4.74 Å². The second-order valence-corrected chi connectivity index (χ2v) is 8.71. The molecule has 1 aliphatic heterocycles. The molecule has 176 valence electrons. The van der Waals surface area contributed by atoms with Gasteiger partial charge in [0.15, 0.2) is 0 Å². The number of hydrogen-bond donors (Lipinski definition) is 1. The van der Waals surface area contributed by atoms with Crippen LogP contribution >= 0.6 is 0 Å². The lowest BCUT2D eigenvalue weighted by Gasteiger charge is -2.26. The van der Waals surface area contributed by atoms with Crippen molar-refractivity contribution < 1.29 is 14.3 Å². The largest absolute Gasteiger partial charge is 0.380 e. The van der Waals surface area contributed by atoms with E-state index in [-0.39, 0.29) is 24.0 Å². The third-order valence-electron chi connectivity index (χ3n) is 6.59. The minimum Gasteiger partial charge on any atom is -0.380 e. The molecule has 0 saturated carbocycles. The van der Waals surface area contributed by atoms with Crippen LogP contribution in [0.3, 0.4) is 0 Å². The lowest BCUT2D eigenvalue weighted by molar-refractivity contribution is 0.0683. The lowest BCUT2D eigenvalue weighted by atomic mass is 9.98. The summed E-state index contributed by atoms with van der Waals surface area (Å²) in [7, 11) is 1.66. The first-order valence-corrected chi connectivity index (χ1v) is 11.8. The number of nitrogens with one attached hydrogen (secondary N) is 1. The van der Waals surface area contributed by atoms with E-state index < -0.39 is 0 Å². The first-order valence-electron chi connectivity index (χ1n) is 11.8. The number of fused-ring (bicyclic) bond motifs is 1. The number of hydrogen-bond acceptors (Lipinski definition) is 4. The maximum absolute atomic E-state index is 13.8. The number of methoxy groups -OCH3 is 1. The van der Waals surface area contributed by atoms with Gasteiger partial charge >= 0.3 is 0 Å². The van der Waals surface area contributed by atoms with Crippen LogP contribution in [0.5, 0.6) is 0 Å². The molecule has 5 rings (SSSR count). The molecule has 2 unspecified atom stereocenters. The number of nitrogens with zero attached hydrogens (tertiary/aromatic N) is 2. The minimum absolute atomic E-state index is 0.0601. The smallest absolute Gasteiger partial charge is 0.254 e. The summed E-state index contributed by atoms with van der Waals surface area (Å²) in [4.78, 5) is 33.0. The average Bonchev–Trinajstić information content (AvgIpc) is 3.35. The molecular weight excluding hydrogens is 438 g/mol. The van der Waals surface area contributed by atoms with Gasteiger partial charge < -0.3 is 15.0 Å². The summed E-state index contributed by atoms with van der Waals surface area (Å²) in [6.07, 6.45) is 2.26. The van der Waals surface area contributed by atoms with Crippen LogP contribution in [0.1, 0.15) is 27.1 Å². The maximum Gasteiger partial charge on any atom is 0.254 e. The molecule has 2 heterocycles. The monoisotopic (exact) mass is 465 g/mol. The molecule has 1 fully saturated rings. The van der Waals surface area contributed by atoms with E-state index in [4.69, 9.17) is 4.74 Å². The molecule has 6 nitrogen and oxygen atoms in total. The minimum atomic E-state index is -0.202. The fraction of sp³-hybridized carbons (Fsp3) is 0.207. The Bertz CT molecular complexity index is 1350. The van der Waals surface area contributed by atoms with Crippen LogP contribution in [-0.4, -0.2) is 54.0 Å². The summed E-state index contributed by atoms with van der Waals surface area (Å²) in [5.74, 6) is -0.262.